The fraction of sp³-hybridized carbons (Fsp3) is 0.500. The first-order valence-electron chi connectivity index (χ1n) is 6.35. The molecule has 0 atom stereocenters. The number of aliphatic hydroxyl groups excluding tert-OH is 3. The number of benzene rings is 1. The number of nitrogens with one attached hydrogen (secondary N) is 1. The van der Waals surface area contributed by atoms with Gasteiger partial charge in [-0.2, -0.15) is 0 Å². The molecule has 112 valence electrons. The number of carbonyl (C=O) groups excluding carboxylic acids is 1. The molecule has 0 unspecified atom stereocenters. The molecule has 0 saturated carbocycles. The van der Waals surface area contributed by atoms with Crippen molar-refractivity contribution in [3.8, 4) is 0 Å². The van der Waals surface area contributed by atoms with Crippen molar-refractivity contribution in [2.45, 2.75) is 12.1 Å². The lowest BCUT2D eigenvalue weighted by atomic mass is 10.0. The molecule has 0 spiro atoms. The van der Waals surface area contributed by atoms with Gasteiger partial charge in [0.1, 0.15) is 5.54 Å². The fourth-order valence-electron chi connectivity index (χ4n) is 1.71. The van der Waals surface area contributed by atoms with E-state index in [1.54, 1.807) is 12.1 Å². The van der Waals surface area contributed by atoms with Crippen LogP contribution in [0.2, 0.25) is 0 Å². The van der Waals surface area contributed by atoms with Crippen molar-refractivity contribution in [3.05, 3.63) is 35.4 Å². The van der Waals surface area contributed by atoms with Gasteiger partial charge in [0.2, 0.25) is 0 Å². The summed E-state index contributed by atoms with van der Waals surface area (Å²) in [6.45, 7) is -0.838. The molecular weight excluding hydrogens is 260 g/mol. The summed E-state index contributed by atoms with van der Waals surface area (Å²) in [6.07, 6.45) is 0. The lowest BCUT2D eigenvalue weighted by Crippen LogP contribution is -2.57. The van der Waals surface area contributed by atoms with E-state index in [0.717, 1.165) is 12.1 Å². The van der Waals surface area contributed by atoms with Crippen molar-refractivity contribution in [1.82, 2.24) is 10.2 Å². The van der Waals surface area contributed by atoms with Crippen LogP contribution >= 0.6 is 0 Å². The summed E-state index contributed by atoms with van der Waals surface area (Å²) in [5, 5.41) is 30.0. The minimum atomic E-state index is -1.40. The first-order chi connectivity index (χ1) is 9.46. The molecule has 0 aromatic heterocycles. The molecule has 4 N–H and O–H groups in total. The van der Waals surface area contributed by atoms with Gasteiger partial charge in [-0.25, -0.2) is 0 Å². The second-order valence-electron chi connectivity index (χ2n) is 5.14. The zero-order valence-electron chi connectivity index (χ0n) is 11.8. The van der Waals surface area contributed by atoms with E-state index in [0.29, 0.717) is 5.56 Å². The first kappa shape index (κ1) is 16.6. The molecule has 0 aliphatic rings. The van der Waals surface area contributed by atoms with Gasteiger partial charge in [0.15, 0.2) is 0 Å². The molecule has 0 heterocycles. The number of nitrogens with zero attached hydrogens (tertiary/aromatic N) is 1. The Morgan fingerprint density at radius 1 is 1.10 bits per heavy atom. The lowest BCUT2D eigenvalue weighted by Gasteiger charge is -2.28. The Bertz CT molecular complexity index is 419. The van der Waals surface area contributed by atoms with Crippen molar-refractivity contribution >= 4 is 5.91 Å². The van der Waals surface area contributed by atoms with E-state index in [4.69, 9.17) is 0 Å². The van der Waals surface area contributed by atoms with E-state index in [1.165, 1.54) is 0 Å². The highest BCUT2D eigenvalue weighted by molar-refractivity contribution is 5.94. The maximum atomic E-state index is 12.0. The maximum Gasteiger partial charge on any atom is 0.251 e. The van der Waals surface area contributed by atoms with Gasteiger partial charge in [-0.3, -0.25) is 4.79 Å². The van der Waals surface area contributed by atoms with Crippen LogP contribution in [-0.4, -0.2) is 65.6 Å². The monoisotopic (exact) mass is 282 g/mol. The van der Waals surface area contributed by atoms with E-state index < -0.39 is 31.3 Å². The van der Waals surface area contributed by atoms with E-state index in [1.807, 2.05) is 31.1 Å². The van der Waals surface area contributed by atoms with Crippen molar-refractivity contribution in [2.75, 3.05) is 33.9 Å². The molecule has 1 aromatic rings. The largest absolute Gasteiger partial charge is 0.394 e. The standard InChI is InChI=1S/C14H22N2O4/c1-16(2)7-11-3-5-12(6-4-11)13(20)15-14(8-17,9-18)10-19/h3-6,17-19H,7-10H2,1-2H3,(H,15,20). The quantitative estimate of drug-likeness (QED) is 0.525. The van der Waals surface area contributed by atoms with Gasteiger partial charge in [-0.1, -0.05) is 12.1 Å². The molecule has 6 heteroatoms. The van der Waals surface area contributed by atoms with Crippen LogP contribution in [0, 0.1) is 0 Å². The van der Waals surface area contributed by atoms with Crippen LogP contribution in [-0.2, 0) is 6.54 Å². The minimum absolute atomic E-state index is 0.409. The highest BCUT2D eigenvalue weighted by Gasteiger charge is 2.30. The predicted octanol–water partition coefficient (Wildman–Crippen LogP) is -0.806. The van der Waals surface area contributed by atoms with Crippen LogP contribution in [0.4, 0.5) is 0 Å². The molecule has 1 aromatic carbocycles. The number of hydrogen-bond donors (Lipinski definition) is 4. The Morgan fingerprint density at radius 3 is 2.00 bits per heavy atom. The molecule has 0 fully saturated rings. The van der Waals surface area contributed by atoms with Crippen molar-refractivity contribution in [3.63, 3.8) is 0 Å². The zero-order valence-corrected chi connectivity index (χ0v) is 11.8. The van der Waals surface area contributed by atoms with Crippen molar-refractivity contribution in [2.24, 2.45) is 0 Å². The van der Waals surface area contributed by atoms with Crippen LogP contribution in [0.1, 0.15) is 15.9 Å². The normalized spacial score (nSPS) is 11.7. The molecule has 0 bridgehead atoms. The molecule has 1 rings (SSSR count). The van der Waals surface area contributed by atoms with Gasteiger partial charge in [-0.05, 0) is 31.8 Å². The third kappa shape index (κ3) is 4.28. The Morgan fingerprint density at radius 2 is 1.60 bits per heavy atom. The van der Waals surface area contributed by atoms with E-state index >= 15 is 0 Å². The fourth-order valence-corrected chi connectivity index (χ4v) is 1.71. The summed E-state index contributed by atoms with van der Waals surface area (Å²) >= 11 is 0. The average Bonchev–Trinajstić information content (AvgIpc) is 2.45. The van der Waals surface area contributed by atoms with E-state index in [9.17, 15) is 20.1 Å². The molecule has 0 radical (unpaired) electrons. The molecule has 1 amide bonds. The Balaban J connectivity index is 2.77. The van der Waals surface area contributed by atoms with Gasteiger partial charge in [0.25, 0.3) is 5.91 Å². The van der Waals surface area contributed by atoms with Gasteiger partial charge >= 0.3 is 0 Å². The number of carbonyl (C=O) groups is 1. The molecule has 20 heavy (non-hydrogen) atoms. The second kappa shape index (κ2) is 7.35. The third-order valence-electron chi connectivity index (χ3n) is 3.00. The predicted molar refractivity (Wildman–Crippen MR) is 75.3 cm³/mol. The van der Waals surface area contributed by atoms with Gasteiger partial charge in [-0.15, -0.1) is 0 Å². The van der Waals surface area contributed by atoms with Crippen molar-refractivity contribution in [1.29, 1.82) is 0 Å². The van der Waals surface area contributed by atoms with Gasteiger partial charge in [0, 0.05) is 12.1 Å². The summed E-state index contributed by atoms with van der Waals surface area (Å²) in [7, 11) is 3.91. The molecule has 0 aliphatic carbocycles. The number of hydrogen-bond acceptors (Lipinski definition) is 5. The summed E-state index contributed by atoms with van der Waals surface area (Å²) < 4.78 is 0. The van der Waals surface area contributed by atoms with Crippen molar-refractivity contribution < 1.29 is 20.1 Å². The molecule has 0 saturated heterocycles. The van der Waals surface area contributed by atoms with Crippen LogP contribution < -0.4 is 5.32 Å². The van der Waals surface area contributed by atoms with Gasteiger partial charge in [0.05, 0.1) is 19.8 Å². The molecular formula is C14H22N2O4. The summed E-state index contributed by atoms with van der Waals surface area (Å²) in [6, 6.07) is 7.02. The number of rotatable bonds is 7. The van der Waals surface area contributed by atoms with Crippen LogP contribution in [0.3, 0.4) is 0 Å². The lowest BCUT2D eigenvalue weighted by molar-refractivity contribution is 0.0375. The highest BCUT2D eigenvalue weighted by Crippen LogP contribution is 2.09. The van der Waals surface area contributed by atoms with Crippen LogP contribution in [0.25, 0.3) is 0 Å². The number of aliphatic hydroxyl groups is 3. The zero-order chi connectivity index (χ0) is 15.2. The summed E-state index contributed by atoms with van der Waals surface area (Å²) in [5.74, 6) is -0.446. The topological polar surface area (TPSA) is 93.0 Å². The maximum absolute atomic E-state index is 12.0. The SMILES string of the molecule is CN(C)Cc1ccc(C(=O)NC(CO)(CO)CO)cc1. The average molecular weight is 282 g/mol. The second-order valence-corrected chi connectivity index (χ2v) is 5.14. The van der Waals surface area contributed by atoms with E-state index in [2.05, 4.69) is 5.32 Å². The number of amides is 1. The van der Waals surface area contributed by atoms with Crippen LogP contribution in [0.5, 0.6) is 0 Å². The molecule has 0 aliphatic heterocycles. The van der Waals surface area contributed by atoms with Gasteiger partial charge < -0.3 is 25.5 Å². The Hall–Kier alpha value is -1.47. The first-order valence-corrected chi connectivity index (χ1v) is 6.35. The van der Waals surface area contributed by atoms with Crippen LogP contribution in [0.15, 0.2) is 24.3 Å². The summed E-state index contributed by atoms with van der Waals surface area (Å²) in [4.78, 5) is 14.0. The molecule has 6 nitrogen and oxygen atoms in total. The highest BCUT2D eigenvalue weighted by atomic mass is 16.3. The Kier molecular flexibility index (Phi) is 6.09. The smallest absolute Gasteiger partial charge is 0.251 e. The minimum Gasteiger partial charge on any atom is -0.394 e. The Labute approximate surface area is 118 Å². The van der Waals surface area contributed by atoms with E-state index in [-0.39, 0.29) is 0 Å². The third-order valence-corrected chi connectivity index (χ3v) is 3.00. The summed E-state index contributed by atoms with van der Waals surface area (Å²) in [5.41, 5.74) is 0.0795.